The molecule has 0 spiro atoms. The zero-order chi connectivity index (χ0) is 15.9. The first kappa shape index (κ1) is 17.2. The molecule has 2 rings (SSSR count). The van der Waals surface area contributed by atoms with Crippen LogP contribution in [-0.2, 0) is 14.8 Å². The summed E-state index contributed by atoms with van der Waals surface area (Å²) in [6, 6.07) is 0.387. The Morgan fingerprint density at radius 2 is 1.86 bits per heavy atom. The molecule has 1 aliphatic carbocycles. The van der Waals surface area contributed by atoms with E-state index in [4.69, 9.17) is 4.74 Å². The van der Waals surface area contributed by atoms with Crippen molar-refractivity contribution in [3.63, 3.8) is 0 Å². The maximum atomic E-state index is 11.4. The predicted molar refractivity (Wildman–Crippen MR) is 84.8 cm³/mol. The Hall–Kier alpha value is -0.170. The lowest BCUT2D eigenvalue weighted by atomic mass is 9.93. The van der Waals surface area contributed by atoms with Crippen LogP contribution in [0.15, 0.2) is 0 Å². The molecule has 0 aromatic carbocycles. The third-order valence-corrected chi connectivity index (χ3v) is 5.46. The van der Waals surface area contributed by atoms with Gasteiger partial charge in [0.15, 0.2) is 0 Å². The third kappa shape index (κ3) is 4.65. The standard InChI is InChI=1S/C15H30N2O3S/c1-14(2)9-13(15(3,4)20-14)16-10-11-7-6-8-12(11)17-21(5,18)19/h11-13,16-17H,6-10H2,1-5H3/t11-,12+,13+/m1/s1. The fourth-order valence-corrected chi connectivity index (χ4v) is 4.75. The number of sulfonamides is 1. The molecule has 2 N–H and O–H groups in total. The Morgan fingerprint density at radius 1 is 1.19 bits per heavy atom. The lowest BCUT2D eigenvalue weighted by molar-refractivity contribution is -0.0699. The fraction of sp³-hybridized carbons (Fsp3) is 1.00. The van der Waals surface area contributed by atoms with Crippen molar-refractivity contribution in [3.8, 4) is 0 Å². The summed E-state index contributed by atoms with van der Waals surface area (Å²) in [5.74, 6) is 0.374. The molecular weight excluding hydrogens is 288 g/mol. The maximum absolute atomic E-state index is 11.4. The van der Waals surface area contributed by atoms with Crippen LogP contribution in [0.25, 0.3) is 0 Å². The second kappa shape index (κ2) is 5.80. The molecule has 1 saturated heterocycles. The van der Waals surface area contributed by atoms with Crippen molar-refractivity contribution >= 4 is 10.0 Å². The van der Waals surface area contributed by atoms with Gasteiger partial charge in [-0.05, 0) is 59.4 Å². The molecule has 2 fully saturated rings. The quantitative estimate of drug-likeness (QED) is 0.809. The Balaban J connectivity index is 1.90. The molecule has 124 valence electrons. The second-order valence-corrected chi connectivity index (χ2v) is 9.60. The topological polar surface area (TPSA) is 67.4 Å². The molecule has 0 unspecified atom stereocenters. The van der Waals surface area contributed by atoms with Crippen LogP contribution in [0.4, 0.5) is 0 Å². The smallest absolute Gasteiger partial charge is 0.208 e. The molecule has 1 heterocycles. The van der Waals surface area contributed by atoms with Crippen LogP contribution < -0.4 is 10.0 Å². The Kier molecular flexibility index (Phi) is 4.74. The minimum Gasteiger partial charge on any atom is -0.368 e. The third-order valence-electron chi connectivity index (χ3n) is 4.73. The fourth-order valence-electron chi connectivity index (χ4n) is 3.89. The Labute approximate surface area is 129 Å². The zero-order valence-electron chi connectivity index (χ0n) is 13.9. The summed E-state index contributed by atoms with van der Waals surface area (Å²) in [6.45, 7) is 9.35. The van der Waals surface area contributed by atoms with E-state index in [0.29, 0.717) is 12.0 Å². The number of ether oxygens (including phenoxy) is 1. The van der Waals surface area contributed by atoms with Gasteiger partial charge in [-0.25, -0.2) is 13.1 Å². The van der Waals surface area contributed by atoms with Gasteiger partial charge >= 0.3 is 0 Å². The van der Waals surface area contributed by atoms with E-state index in [1.807, 2.05) is 0 Å². The minimum absolute atomic E-state index is 0.0749. The molecule has 1 aliphatic heterocycles. The average molecular weight is 318 g/mol. The Morgan fingerprint density at radius 3 is 2.38 bits per heavy atom. The average Bonchev–Trinajstić information content (AvgIpc) is 2.75. The highest BCUT2D eigenvalue weighted by molar-refractivity contribution is 7.88. The van der Waals surface area contributed by atoms with Crippen molar-refractivity contribution in [2.45, 2.75) is 76.7 Å². The van der Waals surface area contributed by atoms with Crippen molar-refractivity contribution in [1.82, 2.24) is 10.0 Å². The van der Waals surface area contributed by atoms with Crippen LogP contribution in [0.2, 0.25) is 0 Å². The lowest BCUT2D eigenvalue weighted by Crippen LogP contribution is -2.47. The van der Waals surface area contributed by atoms with Gasteiger partial charge in [-0.3, -0.25) is 0 Å². The normalized spacial score (nSPS) is 35.2. The molecule has 2 aliphatic rings. The summed E-state index contributed by atoms with van der Waals surface area (Å²) in [7, 11) is -3.12. The van der Waals surface area contributed by atoms with Gasteiger partial charge in [0, 0.05) is 12.1 Å². The summed E-state index contributed by atoms with van der Waals surface area (Å²) < 4.78 is 31.7. The first-order valence-electron chi connectivity index (χ1n) is 7.89. The molecule has 5 nitrogen and oxygen atoms in total. The van der Waals surface area contributed by atoms with E-state index in [0.717, 1.165) is 32.2 Å². The molecule has 0 aromatic heterocycles. The van der Waals surface area contributed by atoms with E-state index in [-0.39, 0.29) is 17.2 Å². The van der Waals surface area contributed by atoms with Crippen LogP contribution in [-0.4, -0.2) is 44.5 Å². The summed E-state index contributed by atoms with van der Waals surface area (Å²) in [5.41, 5.74) is -0.275. The lowest BCUT2D eigenvalue weighted by Gasteiger charge is -2.29. The maximum Gasteiger partial charge on any atom is 0.208 e. The van der Waals surface area contributed by atoms with E-state index in [2.05, 4.69) is 37.7 Å². The van der Waals surface area contributed by atoms with Gasteiger partial charge in [0.25, 0.3) is 0 Å². The van der Waals surface area contributed by atoms with Gasteiger partial charge in [0.05, 0.1) is 17.5 Å². The van der Waals surface area contributed by atoms with Gasteiger partial charge in [0.1, 0.15) is 0 Å². The van der Waals surface area contributed by atoms with Gasteiger partial charge in [0.2, 0.25) is 10.0 Å². The van der Waals surface area contributed by atoms with Crippen LogP contribution in [0.3, 0.4) is 0 Å². The van der Waals surface area contributed by atoms with Crippen LogP contribution in [0.1, 0.15) is 53.4 Å². The van der Waals surface area contributed by atoms with Gasteiger partial charge in [-0.2, -0.15) is 0 Å². The highest BCUT2D eigenvalue weighted by Gasteiger charge is 2.46. The van der Waals surface area contributed by atoms with E-state index in [1.165, 1.54) is 6.26 Å². The number of rotatable bonds is 5. The molecule has 3 atom stereocenters. The molecule has 0 aromatic rings. The molecule has 21 heavy (non-hydrogen) atoms. The summed E-state index contributed by atoms with van der Waals surface area (Å²) >= 11 is 0. The summed E-state index contributed by atoms with van der Waals surface area (Å²) in [6.07, 6.45) is 5.34. The van der Waals surface area contributed by atoms with E-state index < -0.39 is 10.0 Å². The Bertz CT molecular complexity index is 473. The molecule has 1 saturated carbocycles. The molecule has 0 radical (unpaired) electrons. The van der Waals surface area contributed by atoms with Crippen LogP contribution in [0, 0.1) is 5.92 Å². The van der Waals surface area contributed by atoms with E-state index in [1.54, 1.807) is 0 Å². The first-order valence-corrected chi connectivity index (χ1v) is 9.78. The van der Waals surface area contributed by atoms with Crippen molar-refractivity contribution in [1.29, 1.82) is 0 Å². The molecule has 6 heteroatoms. The number of nitrogens with one attached hydrogen (secondary N) is 2. The van der Waals surface area contributed by atoms with Crippen molar-refractivity contribution in [3.05, 3.63) is 0 Å². The molecule has 0 bridgehead atoms. The van der Waals surface area contributed by atoms with Crippen molar-refractivity contribution in [2.24, 2.45) is 5.92 Å². The van der Waals surface area contributed by atoms with Crippen molar-refractivity contribution < 1.29 is 13.2 Å². The van der Waals surface area contributed by atoms with E-state index in [9.17, 15) is 8.42 Å². The van der Waals surface area contributed by atoms with E-state index >= 15 is 0 Å². The minimum atomic E-state index is -3.12. The first-order chi connectivity index (χ1) is 9.49. The van der Waals surface area contributed by atoms with Crippen LogP contribution in [0.5, 0.6) is 0 Å². The molecular formula is C15H30N2O3S. The van der Waals surface area contributed by atoms with Gasteiger partial charge in [-0.15, -0.1) is 0 Å². The summed E-state index contributed by atoms with van der Waals surface area (Å²) in [4.78, 5) is 0. The number of hydrogen-bond donors (Lipinski definition) is 2. The predicted octanol–water partition coefficient (Wildman–Crippen LogP) is 1.64. The number of hydrogen-bond acceptors (Lipinski definition) is 4. The zero-order valence-corrected chi connectivity index (χ0v) is 14.7. The monoisotopic (exact) mass is 318 g/mol. The largest absolute Gasteiger partial charge is 0.368 e. The van der Waals surface area contributed by atoms with Gasteiger partial charge in [-0.1, -0.05) is 6.42 Å². The highest BCUT2D eigenvalue weighted by atomic mass is 32.2. The summed E-state index contributed by atoms with van der Waals surface area (Å²) in [5, 5.41) is 3.63. The SMILES string of the molecule is CC1(C)C[C@H](NC[C@H]2CCC[C@@H]2NS(C)(=O)=O)C(C)(C)O1. The second-order valence-electron chi connectivity index (χ2n) is 7.82. The molecule has 0 amide bonds. The highest BCUT2D eigenvalue weighted by Crippen LogP contribution is 2.37. The van der Waals surface area contributed by atoms with Crippen LogP contribution >= 0.6 is 0 Å². The van der Waals surface area contributed by atoms with Gasteiger partial charge < -0.3 is 10.1 Å². The van der Waals surface area contributed by atoms with Crippen molar-refractivity contribution in [2.75, 3.05) is 12.8 Å².